The standard InChI is InChI=1S/C20H32N2O4/c1-15(2)11-17(22-7-9-26-10-8-22)14-21-20(23)13-16-5-6-18(24-3)19(12-16)25-4/h5-6,12,15,17H,7-11,13-14H2,1-4H3,(H,21,23). The summed E-state index contributed by atoms with van der Waals surface area (Å²) in [5, 5.41) is 3.11. The van der Waals surface area contributed by atoms with Crippen LogP contribution in [0.3, 0.4) is 0 Å². The number of ether oxygens (including phenoxy) is 3. The summed E-state index contributed by atoms with van der Waals surface area (Å²) >= 11 is 0. The zero-order chi connectivity index (χ0) is 18.9. The molecule has 146 valence electrons. The average molecular weight is 364 g/mol. The van der Waals surface area contributed by atoms with E-state index in [0.717, 1.165) is 38.3 Å². The molecule has 26 heavy (non-hydrogen) atoms. The van der Waals surface area contributed by atoms with E-state index >= 15 is 0 Å². The Morgan fingerprint density at radius 3 is 2.50 bits per heavy atom. The van der Waals surface area contributed by atoms with Gasteiger partial charge in [-0.05, 0) is 30.0 Å². The third kappa shape index (κ3) is 6.18. The van der Waals surface area contributed by atoms with Gasteiger partial charge >= 0.3 is 0 Å². The fourth-order valence-electron chi connectivity index (χ4n) is 3.32. The van der Waals surface area contributed by atoms with E-state index in [2.05, 4.69) is 24.1 Å². The van der Waals surface area contributed by atoms with Crippen molar-refractivity contribution in [2.24, 2.45) is 5.92 Å². The smallest absolute Gasteiger partial charge is 0.224 e. The van der Waals surface area contributed by atoms with Gasteiger partial charge in [-0.2, -0.15) is 0 Å². The van der Waals surface area contributed by atoms with Crippen molar-refractivity contribution in [1.82, 2.24) is 10.2 Å². The molecule has 1 unspecified atom stereocenters. The van der Waals surface area contributed by atoms with Crippen molar-refractivity contribution in [2.75, 3.05) is 47.1 Å². The quantitative estimate of drug-likeness (QED) is 0.727. The minimum Gasteiger partial charge on any atom is -0.493 e. The van der Waals surface area contributed by atoms with Gasteiger partial charge in [0.25, 0.3) is 0 Å². The molecule has 6 nitrogen and oxygen atoms in total. The summed E-state index contributed by atoms with van der Waals surface area (Å²) in [5.74, 6) is 1.93. The van der Waals surface area contributed by atoms with Crippen molar-refractivity contribution < 1.29 is 19.0 Å². The first-order valence-electron chi connectivity index (χ1n) is 9.33. The molecule has 1 fully saturated rings. The summed E-state index contributed by atoms with van der Waals surface area (Å²) in [6, 6.07) is 5.94. The Bertz CT molecular complexity index is 571. The molecule has 1 aliphatic rings. The Morgan fingerprint density at radius 2 is 1.88 bits per heavy atom. The van der Waals surface area contributed by atoms with Crippen LogP contribution in [0.1, 0.15) is 25.8 Å². The number of hydrogen-bond acceptors (Lipinski definition) is 5. The van der Waals surface area contributed by atoms with E-state index < -0.39 is 0 Å². The van der Waals surface area contributed by atoms with Gasteiger partial charge in [0.15, 0.2) is 11.5 Å². The van der Waals surface area contributed by atoms with Crippen LogP contribution in [-0.4, -0.2) is 63.9 Å². The third-order valence-corrected chi connectivity index (χ3v) is 4.65. The summed E-state index contributed by atoms with van der Waals surface area (Å²) < 4.78 is 16.0. The van der Waals surface area contributed by atoms with Crippen LogP contribution in [0.25, 0.3) is 0 Å². The second kappa shape index (κ2) is 10.4. The molecule has 1 aliphatic heterocycles. The summed E-state index contributed by atoms with van der Waals surface area (Å²) in [4.78, 5) is 14.8. The molecule has 6 heteroatoms. The maximum absolute atomic E-state index is 12.4. The molecule has 1 amide bonds. The molecular weight excluding hydrogens is 332 g/mol. The van der Waals surface area contributed by atoms with Crippen LogP contribution in [0.15, 0.2) is 18.2 Å². The molecule has 0 radical (unpaired) electrons. The molecule has 0 aromatic heterocycles. The van der Waals surface area contributed by atoms with Crippen molar-refractivity contribution in [1.29, 1.82) is 0 Å². The van der Waals surface area contributed by atoms with Gasteiger partial charge in [0.05, 0.1) is 33.9 Å². The summed E-state index contributed by atoms with van der Waals surface area (Å²) in [7, 11) is 3.20. The Hall–Kier alpha value is -1.79. The van der Waals surface area contributed by atoms with Gasteiger partial charge in [-0.3, -0.25) is 9.69 Å². The fourth-order valence-corrected chi connectivity index (χ4v) is 3.32. The van der Waals surface area contributed by atoms with E-state index in [9.17, 15) is 4.79 Å². The van der Waals surface area contributed by atoms with Crippen molar-refractivity contribution in [3.05, 3.63) is 23.8 Å². The molecular formula is C20H32N2O4. The van der Waals surface area contributed by atoms with Crippen LogP contribution in [0, 0.1) is 5.92 Å². The van der Waals surface area contributed by atoms with Crippen LogP contribution in [-0.2, 0) is 16.0 Å². The highest BCUT2D eigenvalue weighted by Crippen LogP contribution is 2.27. The second-order valence-corrected chi connectivity index (χ2v) is 7.10. The molecule has 1 N–H and O–H groups in total. The molecule has 1 heterocycles. The van der Waals surface area contributed by atoms with Crippen LogP contribution >= 0.6 is 0 Å². The molecule has 2 rings (SSSR count). The van der Waals surface area contributed by atoms with Crippen molar-refractivity contribution in [2.45, 2.75) is 32.7 Å². The Labute approximate surface area is 156 Å². The molecule has 0 spiro atoms. The second-order valence-electron chi connectivity index (χ2n) is 7.10. The predicted molar refractivity (Wildman–Crippen MR) is 102 cm³/mol. The lowest BCUT2D eigenvalue weighted by molar-refractivity contribution is -0.120. The number of carbonyl (C=O) groups is 1. The lowest BCUT2D eigenvalue weighted by atomic mass is 10.0. The van der Waals surface area contributed by atoms with Gasteiger partial charge in [-0.15, -0.1) is 0 Å². The molecule has 1 atom stereocenters. The first-order valence-corrected chi connectivity index (χ1v) is 9.33. The minimum atomic E-state index is 0.0271. The van der Waals surface area contributed by atoms with Crippen LogP contribution in [0.5, 0.6) is 11.5 Å². The van der Waals surface area contributed by atoms with E-state index in [1.54, 1.807) is 14.2 Å². The zero-order valence-electron chi connectivity index (χ0n) is 16.4. The molecule has 1 aromatic rings. The number of rotatable bonds is 9. The number of morpholine rings is 1. The molecule has 1 aromatic carbocycles. The van der Waals surface area contributed by atoms with Crippen LogP contribution < -0.4 is 14.8 Å². The van der Waals surface area contributed by atoms with Gasteiger partial charge in [0.2, 0.25) is 5.91 Å². The predicted octanol–water partition coefficient (Wildman–Crippen LogP) is 2.11. The van der Waals surface area contributed by atoms with Gasteiger partial charge in [0, 0.05) is 25.7 Å². The Kier molecular flexibility index (Phi) is 8.19. The third-order valence-electron chi connectivity index (χ3n) is 4.65. The van der Waals surface area contributed by atoms with E-state index in [1.165, 1.54) is 0 Å². The van der Waals surface area contributed by atoms with Gasteiger partial charge in [-0.25, -0.2) is 0 Å². The number of hydrogen-bond donors (Lipinski definition) is 1. The topological polar surface area (TPSA) is 60.0 Å². The maximum Gasteiger partial charge on any atom is 0.224 e. The Morgan fingerprint density at radius 1 is 1.19 bits per heavy atom. The van der Waals surface area contributed by atoms with E-state index in [-0.39, 0.29) is 5.91 Å². The highest BCUT2D eigenvalue weighted by atomic mass is 16.5. The zero-order valence-corrected chi connectivity index (χ0v) is 16.4. The van der Waals surface area contributed by atoms with Gasteiger partial charge in [-0.1, -0.05) is 19.9 Å². The van der Waals surface area contributed by atoms with Crippen LogP contribution in [0.4, 0.5) is 0 Å². The van der Waals surface area contributed by atoms with Crippen molar-refractivity contribution >= 4 is 5.91 Å². The van der Waals surface area contributed by atoms with Gasteiger partial charge < -0.3 is 19.5 Å². The lowest BCUT2D eigenvalue weighted by Crippen LogP contribution is -2.49. The summed E-state index contributed by atoms with van der Waals surface area (Å²) in [5.41, 5.74) is 0.909. The number of benzene rings is 1. The lowest BCUT2D eigenvalue weighted by Gasteiger charge is -2.35. The molecule has 1 saturated heterocycles. The van der Waals surface area contributed by atoms with E-state index in [1.807, 2.05) is 18.2 Å². The Balaban J connectivity index is 1.90. The normalized spacial score (nSPS) is 16.3. The number of amides is 1. The summed E-state index contributed by atoms with van der Waals surface area (Å²) in [6.45, 7) is 8.52. The highest BCUT2D eigenvalue weighted by Gasteiger charge is 2.22. The number of nitrogens with one attached hydrogen (secondary N) is 1. The fraction of sp³-hybridized carbons (Fsp3) is 0.650. The number of methoxy groups -OCH3 is 2. The van der Waals surface area contributed by atoms with Crippen LogP contribution in [0.2, 0.25) is 0 Å². The maximum atomic E-state index is 12.4. The first kappa shape index (κ1) is 20.5. The highest BCUT2D eigenvalue weighted by molar-refractivity contribution is 5.78. The van der Waals surface area contributed by atoms with Gasteiger partial charge in [0.1, 0.15) is 0 Å². The average Bonchev–Trinajstić information content (AvgIpc) is 2.65. The van der Waals surface area contributed by atoms with E-state index in [4.69, 9.17) is 14.2 Å². The monoisotopic (exact) mass is 364 g/mol. The van der Waals surface area contributed by atoms with Crippen molar-refractivity contribution in [3.8, 4) is 11.5 Å². The molecule has 0 bridgehead atoms. The first-order chi connectivity index (χ1) is 12.5. The number of nitrogens with zero attached hydrogens (tertiary/aromatic N) is 1. The molecule has 0 saturated carbocycles. The number of carbonyl (C=O) groups excluding carboxylic acids is 1. The summed E-state index contributed by atoms with van der Waals surface area (Å²) in [6.07, 6.45) is 1.40. The largest absolute Gasteiger partial charge is 0.493 e. The van der Waals surface area contributed by atoms with Crippen molar-refractivity contribution in [3.63, 3.8) is 0 Å². The minimum absolute atomic E-state index is 0.0271. The molecule has 0 aliphatic carbocycles. The SMILES string of the molecule is COc1ccc(CC(=O)NCC(CC(C)C)N2CCOCC2)cc1OC. The van der Waals surface area contributed by atoms with E-state index in [0.29, 0.717) is 36.4 Å².